The van der Waals surface area contributed by atoms with Gasteiger partial charge in [-0.25, -0.2) is 0 Å². The zero-order valence-electron chi connectivity index (χ0n) is 15.2. The maximum atomic E-state index is 12.1. The number of hydrogen-bond acceptors (Lipinski definition) is 4. The van der Waals surface area contributed by atoms with Gasteiger partial charge in [0, 0.05) is 6.07 Å². The Morgan fingerprint density at radius 2 is 1.88 bits per heavy atom. The van der Waals surface area contributed by atoms with Gasteiger partial charge in [0.1, 0.15) is 23.9 Å². The summed E-state index contributed by atoms with van der Waals surface area (Å²) in [6.45, 7) is 6.57. The maximum Gasteiger partial charge on any atom is 0.260 e. The van der Waals surface area contributed by atoms with Crippen molar-refractivity contribution in [3.8, 4) is 17.2 Å². The van der Waals surface area contributed by atoms with E-state index in [0.29, 0.717) is 24.7 Å². The van der Waals surface area contributed by atoms with Crippen molar-refractivity contribution >= 4 is 5.91 Å². The molecule has 2 aromatic carbocycles. The minimum atomic E-state index is -0.604. The average molecular weight is 343 g/mol. The number of carbonyl (C=O) groups excluding carboxylic acids is 1. The Morgan fingerprint density at radius 3 is 2.60 bits per heavy atom. The average Bonchev–Trinajstić information content (AvgIpc) is 2.60. The molecule has 0 radical (unpaired) electrons. The van der Waals surface area contributed by atoms with E-state index in [9.17, 15) is 4.79 Å². The van der Waals surface area contributed by atoms with Crippen molar-refractivity contribution in [3.63, 3.8) is 0 Å². The second-order valence-corrected chi connectivity index (χ2v) is 5.85. The highest BCUT2D eigenvalue weighted by molar-refractivity contribution is 5.80. The Kier molecular flexibility index (Phi) is 6.69. The first-order valence-corrected chi connectivity index (χ1v) is 8.28. The fourth-order valence-corrected chi connectivity index (χ4v) is 2.37. The number of nitrogens with one attached hydrogen (secondary N) is 1. The molecule has 25 heavy (non-hydrogen) atoms. The molecule has 1 N–H and O–H groups in total. The van der Waals surface area contributed by atoms with Gasteiger partial charge in [0.15, 0.2) is 6.10 Å². The second-order valence-electron chi connectivity index (χ2n) is 5.85. The van der Waals surface area contributed by atoms with Crippen LogP contribution in [-0.4, -0.2) is 32.3 Å². The van der Waals surface area contributed by atoms with Crippen molar-refractivity contribution in [2.24, 2.45) is 0 Å². The van der Waals surface area contributed by atoms with Crippen LogP contribution in [0, 0.1) is 13.8 Å². The van der Waals surface area contributed by atoms with Gasteiger partial charge in [-0.05, 0) is 44.5 Å². The summed E-state index contributed by atoms with van der Waals surface area (Å²) in [6.07, 6.45) is -0.604. The molecule has 0 aromatic heterocycles. The van der Waals surface area contributed by atoms with Crippen LogP contribution in [0.2, 0.25) is 0 Å². The molecular formula is C20H25NO4. The molecule has 0 heterocycles. The smallest absolute Gasteiger partial charge is 0.260 e. The molecule has 0 aliphatic rings. The van der Waals surface area contributed by atoms with Crippen molar-refractivity contribution in [3.05, 3.63) is 53.6 Å². The predicted molar refractivity (Wildman–Crippen MR) is 97.5 cm³/mol. The lowest BCUT2D eigenvalue weighted by atomic mass is 10.1. The van der Waals surface area contributed by atoms with Gasteiger partial charge in [-0.1, -0.05) is 23.8 Å². The molecule has 0 bridgehead atoms. The number of benzene rings is 2. The third kappa shape index (κ3) is 5.71. The molecule has 0 spiro atoms. The first kappa shape index (κ1) is 18.6. The monoisotopic (exact) mass is 343 g/mol. The van der Waals surface area contributed by atoms with Crippen LogP contribution < -0.4 is 19.5 Å². The van der Waals surface area contributed by atoms with Crippen LogP contribution in [0.15, 0.2) is 42.5 Å². The van der Waals surface area contributed by atoms with Crippen molar-refractivity contribution in [2.75, 3.05) is 20.3 Å². The molecule has 134 valence electrons. The first-order valence-electron chi connectivity index (χ1n) is 8.28. The summed E-state index contributed by atoms with van der Waals surface area (Å²) in [7, 11) is 1.59. The Morgan fingerprint density at radius 1 is 1.12 bits per heavy atom. The van der Waals surface area contributed by atoms with Crippen molar-refractivity contribution < 1.29 is 19.0 Å². The summed E-state index contributed by atoms with van der Waals surface area (Å²) in [5.41, 5.74) is 2.28. The van der Waals surface area contributed by atoms with E-state index in [1.54, 1.807) is 26.2 Å². The Balaban J connectivity index is 1.75. The zero-order chi connectivity index (χ0) is 18.2. The normalized spacial score (nSPS) is 11.5. The highest BCUT2D eigenvalue weighted by atomic mass is 16.5. The van der Waals surface area contributed by atoms with Gasteiger partial charge in [0.25, 0.3) is 5.91 Å². The van der Waals surface area contributed by atoms with Gasteiger partial charge in [0.2, 0.25) is 0 Å². The summed E-state index contributed by atoms with van der Waals surface area (Å²) in [4.78, 5) is 12.1. The lowest BCUT2D eigenvalue weighted by Gasteiger charge is -2.16. The van der Waals surface area contributed by atoms with E-state index in [2.05, 4.69) is 11.4 Å². The molecule has 0 aliphatic heterocycles. The van der Waals surface area contributed by atoms with Gasteiger partial charge in [-0.2, -0.15) is 0 Å². The van der Waals surface area contributed by atoms with E-state index in [-0.39, 0.29) is 5.91 Å². The van der Waals surface area contributed by atoms with Crippen LogP contribution in [0.4, 0.5) is 0 Å². The van der Waals surface area contributed by atoms with Crippen molar-refractivity contribution in [2.45, 2.75) is 26.9 Å². The van der Waals surface area contributed by atoms with E-state index < -0.39 is 6.10 Å². The molecule has 2 rings (SSSR count). The van der Waals surface area contributed by atoms with Gasteiger partial charge < -0.3 is 19.5 Å². The Hall–Kier alpha value is -2.69. The lowest BCUT2D eigenvalue weighted by molar-refractivity contribution is -0.127. The molecule has 0 saturated heterocycles. The van der Waals surface area contributed by atoms with Crippen LogP contribution in [0.3, 0.4) is 0 Å². The van der Waals surface area contributed by atoms with E-state index in [1.165, 1.54) is 5.56 Å². The van der Waals surface area contributed by atoms with E-state index >= 15 is 0 Å². The standard InChI is InChI=1S/C20H25NO4/c1-14-8-9-19(15(2)12-14)24-11-10-21-20(22)16(3)25-18-7-5-6-17(13-18)23-4/h5-9,12-13,16H,10-11H2,1-4H3,(H,21,22)/t16-/m0/s1. The fraction of sp³-hybridized carbons (Fsp3) is 0.350. The van der Waals surface area contributed by atoms with Gasteiger partial charge in [-0.15, -0.1) is 0 Å². The summed E-state index contributed by atoms with van der Waals surface area (Å²) < 4.78 is 16.5. The largest absolute Gasteiger partial charge is 0.497 e. The van der Waals surface area contributed by atoms with Crippen molar-refractivity contribution in [1.29, 1.82) is 0 Å². The SMILES string of the molecule is COc1cccc(O[C@@H](C)C(=O)NCCOc2ccc(C)cc2C)c1. The quantitative estimate of drug-likeness (QED) is 0.748. The van der Waals surface area contributed by atoms with Gasteiger partial charge in [0.05, 0.1) is 13.7 Å². The lowest BCUT2D eigenvalue weighted by Crippen LogP contribution is -2.38. The molecule has 1 amide bonds. The number of aryl methyl sites for hydroxylation is 2. The van der Waals surface area contributed by atoms with Crippen molar-refractivity contribution in [1.82, 2.24) is 5.32 Å². The molecule has 2 aromatic rings. The predicted octanol–water partition coefficient (Wildman–Crippen LogP) is 3.27. The third-order valence-corrected chi connectivity index (χ3v) is 3.71. The fourth-order valence-electron chi connectivity index (χ4n) is 2.37. The molecule has 0 saturated carbocycles. The summed E-state index contributed by atoms with van der Waals surface area (Å²) in [5, 5.41) is 2.81. The molecular weight excluding hydrogens is 318 g/mol. The number of carbonyl (C=O) groups is 1. The highest BCUT2D eigenvalue weighted by Crippen LogP contribution is 2.20. The summed E-state index contributed by atoms with van der Waals surface area (Å²) in [5.74, 6) is 1.92. The van der Waals surface area contributed by atoms with E-state index in [0.717, 1.165) is 11.3 Å². The van der Waals surface area contributed by atoms with Crippen LogP contribution in [0.25, 0.3) is 0 Å². The molecule has 0 aliphatic carbocycles. The summed E-state index contributed by atoms with van der Waals surface area (Å²) >= 11 is 0. The molecule has 0 fully saturated rings. The van der Waals surface area contributed by atoms with Crippen LogP contribution in [0.1, 0.15) is 18.1 Å². The molecule has 0 unspecified atom stereocenters. The topological polar surface area (TPSA) is 56.8 Å². The zero-order valence-corrected chi connectivity index (χ0v) is 15.2. The Bertz CT molecular complexity index is 715. The first-order chi connectivity index (χ1) is 12.0. The number of hydrogen-bond donors (Lipinski definition) is 1. The van der Waals surface area contributed by atoms with Gasteiger partial charge in [-0.3, -0.25) is 4.79 Å². The minimum Gasteiger partial charge on any atom is -0.497 e. The number of amides is 1. The maximum absolute atomic E-state index is 12.1. The summed E-state index contributed by atoms with van der Waals surface area (Å²) in [6, 6.07) is 13.2. The van der Waals surface area contributed by atoms with E-state index in [4.69, 9.17) is 14.2 Å². The number of ether oxygens (including phenoxy) is 3. The van der Waals surface area contributed by atoms with E-state index in [1.807, 2.05) is 38.1 Å². The molecule has 5 nitrogen and oxygen atoms in total. The Labute approximate surface area is 148 Å². The van der Waals surface area contributed by atoms with Crippen LogP contribution in [-0.2, 0) is 4.79 Å². The number of rotatable bonds is 8. The second kappa shape index (κ2) is 8.97. The van der Waals surface area contributed by atoms with Crippen LogP contribution >= 0.6 is 0 Å². The molecule has 5 heteroatoms. The van der Waals surface area contributed by atoms with Crippen LogP contribution in [0.5, 0.6) is 17.2 Å². The minimum absolute atomic E-state index is 0.188. The highest BCUT2D eigenvalue weighted by Gasteiger charge is 2.14. The molecule has 1 atom stereocenters. The number of methoxy groups -OCH3 is 1. The third-order valence-electron chi connectivity index (χ3n) is 3.71. The van der Waals surface area contributed by atoms with Gasteiger partial charge >= 0.3 is 0 Å².